The first-order valence-corrected chi connectivity index (χ1v) is 7.44. The molecule has 0 fully saturated rings. The number of anilines is 1. The van der Waals surface area contributed by atoms with Gasteiger partial charge in [0.15, 0.2) is 0 Å². The van der Waals surface area contributed by atoms with Gasteiger partial charge in [-0.15, -0.1) is 0 Å². The molecule has 0 aliphatic carbocycles. The van der Waals surface area contributed by atoms with Gasteiger partial charge >= 0.3 is 0 Å². The van der Waals surface area contributed by atoms with Gasteiger partial charge in [0.1, 0.15) is 5.56 Å². The summed E-state index contributed by atoms with van der Waals surface area (Å²) in [6.45, 7) is 0. The monoisotopic (exact) mass is 371 g/mol. The SMILES string of the molecule is O=C(Nc1cccc2cccnc12)c1ccc(Br)cc1[N+](=O)[O-]. The van der Waals surface area contributed by atoms with Gasteiger partial charge in [-0.25, -0.2) is 0 Å². The Labute approximate surface area is 139 Å². The van der Waals surface area contributed by atoms with E-state index < -0.39 is 10.8 Å². The minimum atomic E-state index is -0.582. The van der Waals surface area contributed by atoms with Gasteiger partial charge in [-0.3, -0.25) is 19.9 Å². The highest BCUT2D eigenvalue weighted by Crippen LogP contribution is 2.26. The van der Waals surface area contributed by atoms with Crippen LogP contribution >= 0.6 is 15.9 Å². The number of nitro groups is 1. The average molecular weight is 372 g/mol. The van der Waals surface area contributed by atoms with E-state index in [2.05, 4.69) is 26.2 Å². The van der Waals surface area contributed by atoms with E-state index in [-0.39, 0.29) is 11.3 Å². The van der Waals surface area contributed by atoms with Crippen LogP contribution in [0.4, 0.5) is 11.4 Å². The van der Waals surface area contributed by atoms with Crippen LogP contribution in [0.1, 0.15) is 10.4 Å². The minimum Gasteiger partial charge on any atom is -0.320 e. The first kappa shape index (κ1) is 15.1. The summed E-state index contributed by atoms with van der Waals surface area (Å²) < 4.78 is 0.535. The molecule has 0 bridgehead atoms. The van der Waals surface area contributed by atoms with Crippen molar-refractivity contribution in [2.75, 3.05) is 5.32 Å². The van der Waals surface area contributed by atoms with Crippen LogP contribution in [0.15, 0.2) is 59.2 Å². The summed E-state index contributed by atoms with van der Waals surface area (Å²) in [5, 5.41) is 14.7. The van der Waals surface area contributed by atoms with Crippen molar-refractivity contribution >= 4 is 44.1 Å². The molecule has 3 aromatic rings. The molecule has 0 atom stereocenters. The van der Waals surface area contributed by atoms with E-state index in [4.69, 9.17) is 0 Å². The average Bonchev–Trinajstić information content (AvgIpc) is 2.55. The first-order chi connectivity index (χ1) is 11.1. The summed E-state index contributed by atoms with van der Waals surface area (Å²) in [6, 6.07) is 13.3. The van der Waals surface area contributed by atoms with E-state index in [1.165, 1.54) is 12.1 Å². The third-order valence-corrected chi connectivity index (χ3v) is 3.78. The van der Waals surface area contributed by atoms with Gasteiger partial charge < -0.3 is 5.32 Å². The van der Waals surface area contributed by atoms with Gasteiger partial charge in [0.2, 0.25) is 0 Å². The number of nitrogens with one attached hydrogen (secondary N) is 1. The van der Waals surface area contributed by atoms with E-state index in [1.807, 2.05) is 12.1 Å². The number of fused-ring (bicyclic) bond motifs is 1. The number of carbonyl (C=O) groups excluding carboxylic acids is 1. The van der Waals surface area contributed by atoms with Gasteiger partial charge in [0, 0.05) is 22.1 Å². The molecule has 0 radical (unpaired) electrons. The van der Waals surface area contributed by atoms with Crippen molar-refractivity contribution < 1.29 is 9.72 Å². The van der Waals surface area contributed by atoms with Gasteiger partial charge in [-0.05, 0) is 24.3 Å². The molecular formula is C16H10BrN3O3. The fourth-order valence-electron chi connectivity index (χ4n) is 2.24. The van der Waals surface area contributed by atoms with Crippen LogP contribution in [0.2, 0.25) is 0 Å². The van der Waals surface area contributed by atoms with Crippen molar-refractivity contribution in [3.05, 3.63) is 74.9 Å². The lowest BCUT2D eigenvalue weighted by Crippen LogP contribution is -2.14. The summed E-state index contributed by atoms with van der Waals surface area (Å²) in [5.41, 5.74) is 0.865. The lowest BCUT2D eigenvalue weighted by atomic mass is 10.1. The second-order valence-electron chi connectivity index (χ2n) is 4.75. The molecule has 7 heteroatoms. The molecule has 0 aliphatic heterocycles. The van der Waals surface area contributed by atoms with Crippen molar-refractivity contribution in [1.29, 1.82) is 0 Å². The molecule has 1 amide bonds. The van der Waals surface area contributed by atoms with Crippen LogP contribution in [0.3, 0.4) is 0 Å². The molecule has 2 aromatic carbocycles. The van der Waals surface area contributed by atoms with E-state index in [0.717, 1.165) is 5.39 Å². The Morgan fingerprint density at radius 2 is 1.96 bits per heavy atom. The predicted octanol–water partition coefficient (Wildman–Crippen LogP) is 4.16. The summed E-state index contributed by atoms with van der Waals surface area (Å²) >= 11 is 3.17. The van der Waals surface area contributed by atoms with Crippen molar-refractivity contribution in [3.8, 4) is 0 Å². The molecule has 0 saturated carbocycles. The van der Waals surface area contributed by atoms with Gasteiger partial charge in [0.05, 0.1) is 16.1 Å². The number of nitrogens with zero attached hydrogens (tertiary/aromatic N) is 2. The Kier molecular flexibility index (Phi) is 4.03. The third kappa shape index (κ3) is 3.04. The van der Waals surface area contributed by atoms with Crippen LogP contribution in [0.25, 0.3) is 10.9 Å². The zero-order valence-corrected chi connectivity index (χ0v) is 13.3. The Bertz CT molecular complexity index is 922. The van der Waals surface area contributed by atoms with Crippen LogP contribution in [-0.4, -0.2) is 15.8 Å². The number of hydrogen-bond donors (Lipinski definition) is 1. The van der Waals surface area contributed by atoms with Gasteiger partial charge in [-0.1, -0.05) is 34.1 Å². The molecule has 0 aliphatic rings. The standard InChI is InChI=1S/C16H10BrN3O3/c17-11-6-7-12(14(9-11)20(22)23)16(21)19-13-5-1-3-10-4-2-8-18-15(10)13/h1-9H,(H,19,21). The summed E-state index contributed by atoms with van der Waals surface area (Å²) in [5.74, 6) is -0.553. The number of hydrogen-bond acceptors (Lipinski definition) is 4. The fourth-order valence-corrected chi connectivity index (χ4v) is 2.59. The van der Waals surface area contributed by atoms with Gasteiger partial charge in [0.25, 0.3) is 11.6 Å². The molecule has 6 nitrogen and oxygen atoms in total. The molecular weight excluding hydrogens is 362 g/mol. The molecule has 1 heterocycles. The lowest BCUT2D eigenvalue weighted by Gasteiger charge is -2.08. The number of nitro benzene ring substituents is 1. The topological polar surface area (TPSA) is 85.1 Å². The molecule has 0 saturated heterocycles. The largest absolute Gasteiger partial charge is 0.320 e. The first-order valence-electron chi connectivity index (χ1n) is 6.65. The zero-order chi connectivity index (χ0) is 16.4. The number of amides is 1. The Balaban J connectivity index is 2.00. The molecule has 23 heavy (non-hydrogen) atoms. The highest BCUT2D eigenvalue weighted by molar-refractivity contribution is 9.10. The maximum Gasteiger partial charge on any atom is 0.283 e. The van der Waals surface area contributed by atoms with Crippen LogP contribution in [0.5, 0.6) is 0 Å². The maximum atomic E-state index is 12.4. The van der Waals surface area contributed by atoms with Crippen LogP contribution in [-0.2, 0) is 0 Å². The Hall–Kier alpha value is -2.80. The zero-order valence-electron chi connectivity index (χ0n) is 11.7. The molecule has 0 spiro atoms. The Morgan fingerprint density at radius 1 is 1.17 bits per heavy atom. The van der Waals surface area contributed by atoms with Gasteiger partial charge in [-0.2, -0.15) is 0 Å². The maximum absolute atomic E-state index is 12.4. The highest BCUT2D eigenvalue weighted by atomic mass is 79.9. The quantitative estimate of drug-likeness (QED) is 0.553. The van der Waals surface area contributed by atoms with E-state index in [1.54, 1.807) is 30.5 Å². The fraction of sp³-hybridized carbons (Fsp3) is 0. The molecule has 1 N–H and O–H groups in total. The summed E-state index contributed by atoms with van der Waals surface area (Å²) in [7, 11) is 0. The van der Waals surface area contributed by atoms with E-state index in [9.17, 15) is 14.9 Å². The van der Waals surface area contributed by atoms with Crippen molar-refractivity contribution in [1.82, 2.24) is 4.98 Å². The van der Waals surface area contributed by atoms with Crippen LogP contribution < -0.4 is 5.32 Å². The molecule has 0 unspecified atom stereocenters. The van der Waals surface area contributed by atoms with Crippen molar-refractivity contribution in [3.63, 3.8) is 0 Å². The number of pyridine rings is 1. The number of carbonyl (C=O) groups is 1. The molecule has 114 valence electrons. The van der Waals surface area contributed by atoms with Crippen LogP contribution in [0, 0.1) is 10.1 Å². The third-order valence-electron chi connectivity index (χ3n) is 3.28. The number of para-hydroxylation sites is 1. The second kappa shape index (κ2) is 6.13. The summed E-state index contributed by atoms with van der Waals surface area (Å²) in [4.78, 5) is 27.2. The van der Waals surface area contributed by atoms with E-state index >= 15 is 0 Å². The smallest absolute Gasteiger partial charge is 0.283 e. The van der Waals surface area contributed by atoms with Crippen molar-refractivity contribution in [2.45, 2.75) is 0 Å². The Morgan fingerprint density at radius 3 is 2.74 bits per heavy atom. The molecule has 3 rings (SSSR count). The lowest BCUT2D eigenvalue weighted by molar-refractivity contribution is -0.385. The van der Waals surface area contributed by atoms with E-state index in [0.29, 0.717) is 15.7 Å². The number of benzene rings is 2. The number of rotatable bonds is 3. The predicted molar refractivity (Wildman–Crippen MR) is 90.5 cm³/mol. The van der Waals surface area contributed by atoms with Crippen molar-refractivity contribution in [2.24, 2.45) is 0 Å². The highest BCUT2D eigenvalue weighted by Gasteiger charge is 2.21. The number of aromatic nitrogens is 1. The number of halogens is 1. The molecule has 1 aromatic heterocycles. The second-order valence-corrected chi connectivity index (χ2v) is 5.67. The minimum absolute atomic E-state index is 0.00821. The summed E-state index contributed by atoms with van der Waals surface area (Å²) in [6.07, 6.45) is 1.63. The normalized spacial score (nSPS) is 10.5.